The van der Waals surface area contributed by atoms with E-state index in [1.165, 1.54) is 17.0 Å². The highest BCUT2D eigenvalue weighted by Crippen LogP contribution is 2.15. The molecule has 0 bridgehead atoms. The van der Waals surface area contributed by atoms with E-state index in [1.807, 2.05) is 0 Å². The minimum absolute atomic E-state index is 0.693. The van der Waals surface area contributed by atoms with Crippen LogP contribution in [0.3, 0.4) is 0 Å². The molecule has 0 aliphatic carbocycles. The van der Waals surface area contributed by atoms with Crippen LogP contribution in [0, 0.1) is 19.8 Å². The van der Waals surface area contributed by atoms with Crippen LogP contribution in [-0.4, -0.2) is 9.78 Å². The Hall–Kier alpha value is -0.790. The lowest BCUT2D eigenvalue weighted by Gasteiger charge is -2.01. The van der Waals surface area contributed by atoms with E-state index in [0.29, 0.717) is 5.92 Å². The van der Waals surface area contributed by atoms with E-state index in [2.05, 4.69) is 44.4 Å². The summed E-state index contributed by atoms with van der Waals surface area (Å²) in [6.07, 6.45) is 1.10. The van der Waals surface area contributed by atoms with Crippen molar-refractivity contribution in [3.63, 3.8) is 0 Å². The van der Waals surface area contributed by atoms with Crippen molar-refractivity contribution in [2.75, 3.05) is 0 Å². The monoisotopic (exact) mass is 180 g/mol. The summed E-state index contributed by atoms with van der Waals surface area (Å²) in [7, 11) is 0. The van der Waals surface area contributed by atoms with E-state index in [9.17, 15) is 0 Å². The average molecular weight is 180 g/mol. The second-order valence-corrected chi connectivity index (χ2v) is 4.07. The minimum atomic E-state index is 0.693. The molecule has 0 aromatic carbocycles. The summed E-state index contributed by atoms with van der Waals surface area (Å²) in [5, 5.41) is 4.58. The van der Waals surface area contributed by atoms with Crippen LogP contribution in [-0.2, 0) is 13.0 Å². The van der Waals surface area contributed by atoms with Gasteiger partial charge in [0.1, 0.15) is 0 Å². The number of hydrogen-bond acceptors (Lipinski definition) is 1. The molecule has 0 unspecified atom stereocenters. The summed E-state index contributed by atoms with van der Waals surface area (Å²) in [5.74, 6) is 0.693. The maximum atomic E-state index is 4.58. The van der Waals surface area contributed by atoms with Gasteiger partial charge in [0.15, 0.2) is 0 Å². The van der Waals surface area contributed by atoms with E-state index in [0.717, 1.165) is 13.0 Å². The fraction of sp³-hybridized carbons (Fsp3) is 0.727. The van der Waals surface area contributed by atoms with Crippen LogP contribution in [0.5, 0.6) is 0 Å². The van der Waals surface area contributed by atoms with E-state index >= 15 is 0 Å². The maximum absolute atomic E-state index is 4.58. The molecule has 2 heteroatoms. The summed E-state index contributed by atoms with van der Waals surface area (Å²) in [6, 6.07) is 0. The summed E-state index contributed by atoms with van der Waals surface area (Å²) in [5.41, 5.74) is 3.96. The molecule has 0 aliphatic heterocycles. The van der Waals surface area contributed by atoms with Gasteiger partial charge in [0, 0.05) is 12.2 Å². The Morgan fingerprint density at radius 1 is 1.31 bits per heavy atom. The van der Waals surface area contributed by atoms with E-state index < -0.39 is 0 Å². The van der Waals surface area contributed by atoms with Crippen molar-refractivity contribution >= 4 is 0 Å². The van der Waals surface area contributed by atoms with Gasteiger partial charge in [-0.3, -0.25) is 4.68 Å². The Kier molecular flexibility index (Phi) is 3.12. The van der Waals surface area contributed by atoms with Gasteiger partial charge in [-0.05, 0) is 38.7 Å². The van der Waals surface area contributed by atoms with Crippen LogP contribution in [0.4, 0.5) is 0 Å². The minimum Gasteiger partial charge on any atom is -0.270 e. The molecule has 0 saturated heterocycles. The number of nitrogens with zero attached hydrogens (tertiary/aromatic N) is 2. The summed E-state index contributed by atoms with van der Waals surface area (Å²) < 4.78 is 2.09. The Bertz CT molecular complexity index is 285. The van der Waals surface area contributed by atoms with Crippen molar-refractivity contribution < 1.29 is 0 Å². The van der Waals surface area contributed by atoms with Gasteiger partial charge in [-0.1, -0.05) is 13.8 Å². The van der Waals surface area contributed by atoms with Gasteiger partial charge in [-0.25, -0.2) is 0 Å². The molecule has 0 fully saturated rings. The molecule has 0 amide bonds. The first kappa shape index (κ1) is 10.3. The standard InChI is InChI=1S/C11H20N2/c1-6-13-10(5)9(4)11(12-13)7-8(2)3/h8H,6-7H2,1-5H3. The second-order valence-electron chi connectivity index (χ2n) is 4.07. The van der Waals surface area contributed by atoms with Gasteiger partial charge in [-0.15, -0.1) is 0 Å². The van der Waals surface area contributed by atoms with Crippen molar-refractivity contribution in [3.05, 3.63) is 17.0 Å². The number of aryl methyl sites for hydroxylation is 1. The zero-order valence-corrected chi connectivity index (χ0v) is 9.39. The summed E-state index contributed by atoms with van der Waals surface area (Å²) in [4.78, 5) is 0. The zero-order valence-electron chi connectivity index (χ0n) is 9.39. The molecule has 0 atom stereocenters. The third-order valence-corrected chi connectivity index (χ3v) is 2.51. The van der Waals surface area contributed by atoms with Gasteiger partial charge in [0.2, 0.25) is 0 Å². The third kappa shape index (κ3) is 2.11. The van der Waals surface area contributed by atoms with Crippen LogP contribution < -0.4 is 0 Å². The first-order valence-electron chi connectivity index (χ1n) is 5.09. The Labute approximate surface area is 81.0 Å². The van der Waals surface area contributed by atoms with E-state index in [1.54, 1.807) is 0 Å². The highest BCUT2D eigenvalue weighted by molar-refractivity contribution is 5.23. The molecule has 0 aliphatic rings. The lowest BCUT2D eigenvalue weighted by molar-refractivity contribution is 0.593. The molecule has 1 heterocycles. The number of aromatic nitrogens is 2. The molecular formula is C11H20N2. The zero-order chi connectivity index (χ0) is 10.0. The first-order chi connectivity index (χ1) is 6.06. The summed E-state index contributed by atoms with van der Waals surface area (Å²) in [6.45, 7) is 11.9. The molecular weight excluding hydrogens is 160 g/mol. The smallest absolute Gasteiger partial charge is 0.0659 e. The van der Waals surface area contributed by atoms with Gasteiger partial charge >= 0.3 is 0 Å². The lowest BCUT2D eigenvalue weighted by atomic mass is 10.0. The SMILES string of the molecule is CCn1nc(CC(C)C)c(C)c1C. The molecule has 1 rings (SSSR count). The van der Waals surface area contributed by atoms with Crippen molar-refractivity contribution in [2.45, 2.75) is 47.6 Å². The molecule has 0 spiro atoms. The van der Waals surface area contributed by atoms with Crippen molar-refractivity contribution in [1.29, 1.82) is 0 Å². The second kappa shape index (κ2) is 3.95. The maximum Gasteiger partial charge on any atom is 0.0659 e. The van der Waals surface area contributed by atoms with Gasteiger partial charge in [-0.2, -0.15) is 5.10 Å². The van der Waals surface area contributed by atoms with Crippen LogP contribution in [0.25, 0.3) is 0 Å². The molecule has 2 nitrogen and oxygen atoms in total. The molecule has 13 heavy (non-hydrogen) atoms. The molecule has 0 radical (unpaired) electrons. The van der Waals surface area contributed by atoms with Crippen molar-refractivity contribution in [2.24, 2.45) is 5.92 Å². The highest BCUT2D eigenvalue weighted by atomic mass is 15.3. The average Bonchev–Trinajstić information content (AvgIpc) is 2.32. The van der Waals surface area contributed by atoms with Gasteiger partial charge in [0.25, 0.3) is 0 Å². The number of hydrogen-bond donors (Lipinski definition) is 0. The summed E-state index contributed by atoms with van der Waals surface area (Å²) >= 11 is 0. The van der Waals surface area contributed by atoms with Crippen LogP contribution in [0.2, 0.25) is 0 Å². The van der Waals surface area contributed by atoms with Crippen LogP contribution >= 0.6 is 0 Å². The van der Waals surface area contributed by atoms with Crippen LogP contribution in [0.1, 0.15) is 37.7 Å². The van der Waals surface area contributed by atoms with Gasteiger partial charge in [0.05, 0.1) is 5.69 Å². The topological polar surface area (TPSA) is 17.8 Å². The first-order valence-corrected chi connectivity index (χ1v) is 5.09. The van der Waals surface area contributed by atoms with Crippen molar-refractivity contribution in [3.8, 4) is 0 Å². The normalized spacial score (nSPS) is 11.2. The Balaban J connectivity index is 2.95. The quantitative estimate of drug-likeness (QED) is 0.699. The molecule has 0 saturated carbocycles. The lowest BCUT2D eigenvalue weighted by Crippen LogP contribution is -2.00. The molecule has 74 valence electrons. The Morgan fingerprint density at radius 2 is 1.92 bits per heavy atom. The molecule has 0 N–H and O–H groups in total. The number of rotatable bonds is 3. The fourth-order valence-corrected chi connectivity index (χ4v) is 1.59. The van der Waals surface area contributed by atoms with Gasteiger partial charge < -0.3 is 0 Å². The molecule has 1 aromatic rings. The molecule has 1 aromatic heterocycles. The van der Waals surface area contributed by atoms with E-state index in [4.69, 9.17) is 0 Å². The van der Waals surface area contributed by atoms with Crippen molar-refractivity contribution in [1.82, 2.24) is 9.78 Å². The van der Waals surface area contributed by atoms with Crippen LogP contribution in [0.15, 0.2) is 0 Å². The third-order valence-electron chi connectivity index (χ3n) is 2.51. The largest absolute Gasteiger partial charge is 0.270 e. The predicted molar refractivity (Wildman–Crippen MR) is 55.9 cm³/mol. The highest BCUT2D eigenvalue weighted by Gasteiger charge is 2.10. The Morgan fingerprint density at radius 3 is 2.31 bits per heavy atom. The van der Waals surface area contributed by atoms with E-state index in [-0.39, 0.29) is 0 Å². The fourth-order valence-electron chi connectivity index (χ4n) is 1.59. The predicted octanol–water partition coefficient (Wildman–Crippen LogP) is 2.72.